The summed E-state index contributed by atoms with van der Waals surface area (Å²) in [6.07, 6.45) is 10.8. The summed E-state index contributed by atoms with van der Waals surface area (Å²) in [5.74, 6) is 1.31. The first kappa shape index (κ1) is 15.3. The van der Waals surface area contributed by atoms with E-state index >= 15 is 0 Å². The third-order valence-corrected chi connectivity index (χ3v) is 7.16. The molecule has 112 valence electrons. The number of hydrogen-bond acceptors (Lipinski definition) is 3. The highest BCUT2D eigenvalue weighted by Gasteiger charge is 2.31. The van der Waals surface area contributed by atoms with Crippen LogP contribution in [0.2, 0.25) is 0 Å². The van der Waals surface area contributed by atoms with Gasteiger partial charge in [-0.25, -0.2) is 8.42 Å². The maximum Gasteiger partial charge on any atom is 0.154 e. The molecule has 0 spiro atoms. The summed E-state index contributed by atoms with van der Waals surface area (Å²) in [6.45, 7) is 2.96. The zero-order chi connectivity index (χ0) is 13.7. The standard InChI is InChI=1S/C15H29NO2S/c1-2-5-13-6-3-7-14(10-9-13)16-12-15-8-4-11-19(15,17)18/h13-16H,2-12H2,1H3. The lowest BCUT2D eigenvalue weighted by Gasteiger charge is -2.19. The minimum absolute atomic E-state index is 0.109. The van der Waals surface area contributed by atoms with E-state index < -0.39 is 9.84 Å². The molecule has 19 heavy (non-hydrogen) atoms. The van der Waals surface area contributed by atoms with Crippen molar-refractivity contribution in [2.45, 2.75) is 76.0 Å². The summed E-state index contributed by atoms with van der Waals surface area (Å²) in [4.78, 5) is 0. The molecule has 0 aromatic rings. The normalized spacial score (nSPS) is 35.1. The first-order valence-corrected chi connectivity index (χ1v) is 9.78. The third kappa shape index (κ3) is 4.45. The van der Waals surface area contributed by atoms with Crippen LogP contribution in [0.15, 0.2) is 0 Å². The summed E-state index contributed by atoms with van der Waals surface area (Å²) >= 11 is 0. The number of rotatable bonds is 5. The van der Waals surface area contributed by atoms with E-state index in [0.717, 1.165) is 18.8 Å². The molecule has 0 bridgehead atoms. The van der Waals surface area contributed by atoms with Crippen molar-refractivity contribution in [2.75, 3.05) is 12.3 Å². The van der Waals surface area contributed by atoms with Crippen molar-refractivity contribution in [2.24, 2.45) is 5.92 Å². The fraction of sp³-hybridized carbons (Fsp3) is 1.00. The van der Waals surface area contributed by atoms with Crippen LogP contribution in [0.3, 0.4) is 0 Å². The van der Waals surface area contributed by atoms with Gasteiger partial charge in [-0.05, 0) is 38.0 Å². The first-order valence-electron chi connectivity index (χ1n) is 8.06. The Balaban J connectivity index is 1.74. The van der Waals surface area contributed by atoms with Crippen LogP contribution in [0.5, 0.6) is 0 Å². The van der Waals surface area contributed by atoms with Crippen LogP contribution >= 0.6 is 0 Å². The van der Waals surface area contributed by atoms with Crippen LogP contribution in [0, 0.1) is 5.92 Å². The van der Waals surface area contributed by atoms with Crippen LogP contribution in [-0.4, -0.2) is 32.0 Å². The van der Waals surface area contributed by atoms with E-state index in [1.807, 2.05) is 0 Å². The molecule has 3 nitrogen and oxygen atoms in total. The largest absolute Gasteiger partial charge is 0.313 e. The lowest BCUT2D eigenvalue weighted by molar-refractivity contribution is 0.409. The Kier molecular flexibility index (Phi) is 5.70. The maximum atomic E-state index is 11.8. The topological polar surface area (TPSA) is 46.2 Å². The van der Waals surface area contributed by atoms with Gasteiger partial charge in [0.15, 0.2) is 9.84 Å². The number of hydrogen-bond donors (Lipinski definition) is 1. The third-order valence-electron chi connectivity index (χ3n) is 4.88. The Hall–Kier alpha value is -0.0900. The Morgan fingerprint density at radius 3 is 2.58 bits per heavy atom. The molecule has 1 saturated carbocycles. The van der Waals surface area contributed by atoms with Gasteiger partial charge in [0.25, 0.3) is 0 Å². The number of sulfone groups is 1. The average molecular weight is 287 g/mol. The Bertz CT molecular complexity index is 366. The highest BCUT2D eigenvalue weighted by atomic mass is 32.2. The Labute approximate surface area is 118 Å². The van der Waals surface area contributed by atoms with Crippen molar-refractivity contribution in [3.05, 3.63) is 0 Å². The van der Waals surface area contributed by atoms with E-state index in [2.05, 4.69) is 12.2 Å². The predicted octanol–water partition coefficient (Wildman–Crippen LogP) is 2.90. The van der Waals surface area contributed by atoms with E-state index in [0.29, 0.717) is 18.3 Å². The fourth-order valence-corrected chi connectivity index (χ4v) is 5.44. The SMILES string of the molecule is CCCC1CCCC(NCC2CCCS2(=O)=O)CC1. The van der Waals surface area contributed by atoms with E-state index in [1.165, 1.54) is 44.9 Å². The van der Waals surface area contributed by atoms with Gasteiger partial charge in [-0.3, -0.25) is 0 Å². The van der Waals surface area contributed by atoms with Crippen molar-refractivity contribution in [3.63, 3.8) is 0 Å². The van der Waals surface area contributed by atoms with Crippen molar-refractivity contribution < 1.29 is 8.42 Å². The van der Waals surface area contributed by atoms with E-state index in [1.54, 1.807) is 0 Å². The van der Waals surface area contributed by atoms with Crippen molar-refractivity contribution in [1.29, 1.82) is 0 Å². The fourth-order valence-electron chi connectivity index (χ4n) is 3.67. The van der Waals surface area contributed by atoms with E-state index in [9.17, 15) is 8.42 Å². The monoisotopic (exact) mass is 287 g/mol. The van der Waals surface area contributed by atoms with E-state index in [4.69, 9.17) is 0 Å². The molecule has 0 aromatic heterocycles. The van der Waals surface area contributed by atoms with Crippen LogP contribution in [0.25, 0.3) is 0 Å². The minimum atomic E-state index is -2.78. The van der Waals surface area contributed by atoms with Gasteiger partial charge in [0.1, 0.15) is 0 Å². The Morgan fingerprint density at radius 1 is 1.05 bits per heavy atom. The maximum absolute atomic E-state index is 11.8. The molecule has 4 heteroatoms. The summed E-state index contributed by atoms with van der Waals surface area (Å²) < 4.78 is 23.6. The molecule has 2 rings (SSSR count). The molecule has 2 aliphatic rings. The van der Waals surface area contributed by atoms with Gasteiger partial charge in [-0.15, -0.1) is 0 Å². The average Bonchev–Trinajstić information content (AvgIpc) is 2.58. The van der Waals surface area contributed by atoms with Gasteiger partial charge in [0.05, 0.1) is 11.0 Å². The summed E-state index contributed by atoms with van der Waals surface area (Å²) in [5.41, 5.74) is 0. The number of nitrogens with one attached hydrogen (secondary N) is 1. The zero-order valence-corrected chi connectivity index (χ0v) is 13.1. The summed E-state index contributed by atoms with van der Waals surface area (Å²) in [5, 5.41) is 3.43. The van der Waals surface area contributed by atoms with Crippen LogP contribution in [0.4, 0.5) is 0 Å². The quantitative estimate of drug-likeness (QED) is 0.791. The molecule has 0 aromatic carbocycles. The van der Waals surface area contributed by atoms with Gasteiger partial charge < -0.3 is 5.32 Å². The lowest BCUT2D eigenvalue weighted by atomic mass is 9.95. The second kappa shape index (κ2) is 7.07. The van der Waals surface area contributed by atoms with Crippen LogP contribution in [0.1, 0.15) is 64.7 Å². The van der Waals surface area contributed by atoms with Crippen LogP contribution < -0.4 is 5.32 Å². The van der Waals surface area contributed by atoms with Crippen LogP contribution in [-0.2, 0) is 9.84 Å². The summed E-state index contributed by atoms with van der Waals surface area (Å²) in [6, 6.07) is 0.553. The van der Waals surface area contributed by atoms with Crippen molar-refractivity contribution in [1.82, 2.24) is 5.32 Å². The highest BCUT2D eigenvalue weighted by molar-refractivity contribution is 7.92. The molecule has 1 saturated heterocycles. The molecule has 1 N–H and O–H groups in total. The van der Waals surface area contributed by atoms with E-state index in [-0.39, 0.29) is 5.25 Å². The zero-order valence-electron chi connectivity index (χ0n) is 12.2. The Morgan fingerprint density at radius 2 is 1.89 bits per heavy atom. The van der Waals surface area contributed by atoms with Gasteiger partial charge in [0.2, 0.25) is 0 Å². The van der Waals surface area contributed by atoms with Gasteiger partial charge >= 0.3 is 0 Å². The van der Waals surface area contributed by atoms with Gasteiger partial charge in [-0.1, -0.05) is 32.6 Å². The molecule has 1 aliphatic carbocycles. The lowest BCUT2D eigenvalue weighted by Crippen LogP contribution is -2.37. The van der Waals surface area contributed by atoms with Crippen molar-refractivity contribution in [3.8, 4) is 0 Å². The second-order valence-electron chi connectivity index (χ2n) is 6.40. The molecule has 0 radical (unpaired) electrons. The predicted molar refractivity (Wildman–Crippen MR) is 80.1 cm³/mol. The molecular weight excluding hydrogens is 258 g/mol. The van der Waals surface area contributed by atoms with Gasteiger partial charge in [0, 0.05) is 12.6 Å². The molecule has 3 atom stereocenters. The van der Waals surface area contributed by atoms with Gasteiger partial charge in [-0.2, -0.15) is 0 Å². The molecule has 2 fully saturated rings. The second-order valence-corrected chi connectivity index (χ2v) is 8.80. The molecule has 1 aliphatic heterocycles. The minimum Gasteiger partial charge on any atom is -0.313 e. The molecule has 0 amide bonds. The molecule has 1 heterocycles. The highest BCUT2D eigenvalue weighted by Crippen LogP contribution is 2.27. The smallest absolute Gasteiger partial charge is 0.154 e. The van der Waals surface area contributed by atoms with Crippen molar-refractivity contribution >= 4 is 9.84 Å². The summed E-state index contributed by atoms with van der Waals surface area (Å²) in [7, 11) is -2.78. The molecular formula is C15H29NO2S. The molecule has 3 unspecified atom stereocenters. The first-order chi connectivity index (χ1) is 9.12.